The van der Waals surface area contributed by atoms with Crippen LogP contribution >= 0.6 is 0 Å². The van der Waals surface area contributed by atoms with Gasteiger partial charge in [0.2, 0.25) is 5.56 Å². The van der Waals surface area contributed by atoms with Crippen LogP contribution in [-0.2, 0) is 0 Å². The Labute approximate surface area is 94.6 Å². The number of hydrogen-bond donors (Lipinski definition) is 1. The van der Waals surface area contributed by atoms with Crippen LogP contribution in [0.25, 0.3) is 0 Å². The second-order valence-electron chi connectivity index (χ2n) is 3.48. The summed E-state index contributed by atoms with van der Waals surface area (Å²) in [6, 6.07) is 2.92. The molecule has 1 aromatic heterocycles. The minimum Gasteiger partial charge on any atom is -0.335 e. The Morgan fingerprint density at radius 1 is 1.62 bits per heavy atom. The zero-order valence-electron chi connectivity index (χ0n) is 9.40. The summed E-state index contributed by atoms with van der Waals surface area (Å²) in [4.78, 5) is 27.2. The van der Waals surface area contributed by atoms with Gasteiger partial charge in [-0.05, 0) is 12.5 Å². The van der Waals surface area contributed by atoms with Crippen molar-refractivity contribution in [3.63, 3.8) is 0 Å². The molecule has 0 aromatic carbocycles. The molecule has 1 aromatic rings. The smallest absolute Gasteiger partial charge is 0.254 e. The zero-order chi connectivity index (χ0) is 12.0. The number of rotatable bonds is 5. The van der Waals surface area contributed by atoms with Gasteiger partial charge in [-0.3, -0.25) is 9.59 Å². The van der Waals surface area contributed by atoms with Crippen LogP contribution in [-0.4, -0.2) is 28.9 Å². The van der Waals surface area contributed by atoms with Crippen LogP contribution in [0.3, 0.4) is 0 Å². The Morgan fingerprint density at radius 3 is 2.94 bits per heavy atom. The fourth-order valence-electron chi connectivity index (χ4n) is 1.46. The molecule has 0 saturated heterocycles. The predicted molar refractivity (Wildman–Crippen MR) is 63.5 cm³/mol. The summed E-state index contributed by atoms with van der Waals surface area (Å²) in [6.45, 7) is 6.78. The molecule has 0 aliphatic rings. The van der Waals surface area contributed by atoms with Crippen LogP contribution in [0.1, 0.15) is 23.7 Å². The zero-order valence-corrected chi connectivity index (χ0v) is 9.40. The van der Waals surface area contributed by atoms with Crippen LogP contribution in [0.5, 0.6) is 0 Å². The molecule has 1 N–H and O–H groups in total. The average molecular weight is 220 g/mol. The third kappa shape index (κ3) is 3.08. The SMILES string of the molecule is C=CCN(CCC)C(=O)c1cc[nH]c(=O)c1. The molecule has 0 unspecified atom stereocenters. The number of nitrogens with one attached hydrogen (secondary N) is 1. The molecule has 86 valence electrons. The molecular weight excluding hydrogens is 204 g/mol. The highest BCUT2D eigenvalue weighted by atomic mass is 16.2. The van der Waals surface area contributed by atoms with E-state index < -0.39 is 0 Å². The second kappa shape index (κ2) is 5.90. The van der Waals surface area contributed by atoms with Gasteiger partial charge in [-0.15, -0.1) is 6.58 Å². The molecule has 0 fully saturated rings. The van der Waals surface area contributed by atoms with E-state index >= 15 is 0 Å². The van der Waals surface area contributed by atoms with E-state index in [-0.39, 0.29) is 11.5 Å². The van der Waals surface area contributed by atoms with Crippen molar-refractivity contribution in [2.45, 2.75) is 13.3 Å². The third-order valence-electron chi connectivity index (χ3n) is 2.15. The molecule has 16 heavy (non-hydrogen) atoms. The van der Waals surface area contributed by atoms with E-state index in [9.17, 15) is 9.59 Å². The molecule has 0 bridgehead atoms. The maximum absolute atomic E-state index is 12.0. The Morgan fingerprint density at radius 2 is 2.38 bits per heavy atom. The van der Waals surface area contributed by atoms with Crippen LogP contribution in [0.15, 0.2) is 35.8 Å². The summed E-state index contributed by atoms with van der Waals surface area (Å²) >= 11 is 0. The summed E-state index contributed by atoms with van der Waals surface area (Å²) in [5, 5.41) is 0. The monoisotopic (exact) mass is 220 g/mol. The van der Waals surface area contributed by atoms with Crippen molar-refractivity contribution in [2.24, 2.45) is 0 Å². The number of H-pyrrole nitrogens is 1. The van der Waals surface area contributed by atoms with Gasteiger partial charge < -0.3 is 9.88 Å². The standard InChI is InChI=1S/C12H16N2O2/c1-3-7-14(8-4-2)12(16)10-5-6-13-11(15)9-10/h3,5-6,9H,1,4,7-8H2,2H3,(H,13,15). The maximum atomic E-state index is 12.0. The highest BCUT2D eigenvalue weighted by Gasteiger charge is 2.13. The fraction of sp³-hybridized carbons (Fsp3) is 0.333. The molecule has 1 amide bonds. The molecular formula is C12H16N2O2. The van der Waals surface area contributed by atoms with Crippen LogP contribution in [0.4, 0.5) is 0 Å². The van der Waals surface area contributed by atoms with Crippen molar-refractivity contribution in [1.29, 1.82) is 0 Å². The van der Waals surface area contributed by atoms with Gasteiger partial charge >= 0.3 is 0 Å². The minimum atomic E-state index is -0.263. The lowest BCUT2D eigenvalue weighted by Crippen LogP contribution is -2.32. The van der Waals surface area contributed by atoms with E-state index in [0.29, 0.717) is 18.7 Å². The van der Waals surface area contributed by atoms with Crippen molar-refractivity contribution in [3.05, 3.63) is 46.9 Å². The van der Waals surface area contributed by atoms with E-state index in [1.165, 1.54) is 12.3 Å². The van der Waals surface area contributed by atoms with Crippen molar-refractivity contribution in [1.82, 2.24) is 9.88 Å². The van der Waals surface area contributed by atoms with Crippen molar-refractivity contribution in [2.75, 3.05) is 13.1 Å². The van der Waals surface area contributed by atoms with Gasteiger partial charge in [-0.2, -0.15) is 0 Å². The quantitative estimate of drug-likeness (QED) is 0.763. The first-order chi connectivity index (χ1) is 7.69. The summed E-state index contributed by atoms with van der Waals surface area (Å²) in [7, 11) is 0. The second-order valence-corrected chi connectivity index (χ2v) is 3.48. The average Bonchev–Trinajstić information content (AvgIpc) is 2.28. The van der Waals surface area contributed by atoms with Crippen molar-refractivity contribution in [3.8, 4) is 0 Å². The highest BCUT2D eigenvalue weighted by molar-refractivity contribution is 5.94. The number of carbonyl (C=O) groups is 1. The first kappa shape index (κ1) is 12.2. The number of carbonyl (C=O) groups excluding carboxylic acids is 1. The molecule has 0 aliphatic heterocycles. The van der Waals surface area contributed by atoms with E-state index in [1.807, 2.05) is 6.92 Å². The molecule has 4 heteroatoms. The normalized spacial score (nSPS) is 9.81. The molecule has 1 rings (SSSR count). The molecule has 0 aliphatic carbocycles. The van der Waals surface area contributed by atoms with Crippen molar-refractivity contribution >= 4 is 5.91 Å². The van der Waals surface area contributed by atoms with Gasteiger partial charge in [0.05, 0.1) is 0 Å². The summed E-state index contributed by atoms with van der Waals surface area (Å²) in [5.41, 5.74) is 0.153. The van der Waals surface area contributed by atoms with Gasteiger partial charge in [0.15, 0.2) is 0 Å². The molecule has 1 heterocycles. The van der Waals surface area contributed by atoms with Crippen molar-refractivity contribution < 1.29 is 4.79 Å². The molecule has 0 radical (unpaired) electrons. The largest absolute Gasteiger partial charge is 0.335 e. The first-order valence-electron chi connectivity index (χ1n) is 5.28. The predicted octanol–water partition coefficient (Wildman–Crippen LogP) is 1.41. The number of hydrogen-bond acceptors (Lipinski definition) is 2. The molecule has 0 atom stereocenters. The topological polar surface area (TPSA) is 53.2 Å². The third-order valence-corrected chi connectivity index (χ3v) is 2.15. The number of aromatic nitrogens is 1. The molecule has 4 nitrogen and oxygen atoms in total. The maximum Gasteiger partial charge on any atom is 0.254 e. The summed E-state index contributed by atoms with van der Waals surface area (Å²) in [6.07, 6.45) is 4.04. The summed E-state index contributed by atoms with van der Waals surface area (Å²) in [5.74, 6) is -0.132. The Hall–Kier alpha value is -1.84. The van der Waals surface area contributed by atoms with Crippen LogP contribution in [0, 0.1) is 0 Å². The fourth-order valence-corrected chi connectivity index (χ4v) is 1.46. The number of pyridine rings is 1. The van der Waals surface area contributed by atoms with Crippen LogP contribution < -0.4 is 5.56 Å². The van der Waals surface area contributed by atoms with E-state index in [1.54, 1.807) is 17.0 Å². The van der Waals surface area contributed by atoms with E-state index in [2.05, 4.69) is 11.6 Å². The number of nitrogens with zero attached hydrogens (tertiary/aromatic N) is 1. The Bertz CT molecular complexity index is 423. The van der Waals surface area contributed by atoms with Gasteiger partial charge in [0, 0.05) is 30.9 Å². The van der Waals surface area contributed by atoms with Gasteiger partial charge in [0.25, 0.3) is 5.91 Å². The number of amides is 1. The highest BCUT2D eigenvalue weighted by Crippen LogP contribution is 2.02. The Kier molecular flexibility index (Phi) is 4.51. The van der Waals surface area contributed by atoms with E-state index in [4.69, 9.17) is 0 Å². The van der Waals surface area contributed by atoms with Crippen LogP contribution in [0.2, 0.25) is 0 Å². The van der Waals surface area contributed by atoms with Gasteiger partial charge in [-0.25, -0.2) is 0 Å². The minimum absolute atomic E-state index is 0.132. The lowest BCUT2D eigenvalue weighted by Gasteiger charge is -2.20. The van der Waals surface area contributed by atoms with E-state index in [0.717, 1.165) is 6.42 Å². The lowest BCUT2D eigenvalue weighted by atomic mass is 10.2. The number of aromatic amines is 1. The lowest BCUT2D eigenvalue weighted by molar-refractivity contribution is 0.0773. The van der Waals surface area contributed by atoms with Gasteiger partial charge in [0.1, 0.15) is 0 Å². The summed E-state index contributed by atoms with van der Waals surface area (Å²) < 4.78 is 0. The first-order valence-corrected chi connectivity index (χ1v) is 5.28. The Balaban J connectivity index is 2.89. The molecule has 0 spiro atoms. The molecule has 0 saturated carbocycles. The van der Waals surface area contributed by atoms with Gasteiger partial charge in [-0.1, -0.05) is 13.0 Å².